The predicted molar refractivity (Wildman–Crippen MR) is 51.5 cm³/mol. The number of hydrogen-bond acceptors (Lipinski definition) is 5. The first kappa shape index (κ1) is 10.6. The molecule has 1 unspecified atom stereocenters. The molecule has 1 rings (SSSR count). The minimum Gasteiger partial charge on any atom is -0.323 e. The maximum absolute atomic E-state index is 10.7. The van der Waals surface area contributed by atoms with Crippen LogP contribution in [-0.2, 0) is 15.8 Å². The van der Waals surface area contributed by atoms with Gasteiger partial charge in [0, 0.05) is 17.1 Å². The molecule has 13 heavy (non-hydrogen) atoms. The minimum atomic E-state index is -3.48. The average molecular weight is 221 g/mol. The molecule has 0 aliphatic carbocycles. The summed E-state index contributed by atoms with van der Waals surface area (Å²) < 4.78 is 21.4. The second-order valence-electron chi connectivity index (χ2n) is 2.75. The Morgan fingerprint density at radius 2 is 2.31 bits per heavy atom. The molecule has 7 heteroatoms. The largest absolute Gasteiger partial charge is 0.323 e. The third-order valence-electron chi connectivity index (χ3n) is 1.34. The minimum absolute atomic E-state index is 0.119. The van der Waals surface area contributed by atoms with Crippen molar-refractivity contribution in [2.24, 2.45) is 10.9 Å². The summed E-state index contributed by atoms with van der Waals surface area (Å²) in [5, 5.41) is 5.34. The molecule has 0 bridgehead atoms. The fourth-order valence-electron chi connectivity index (χ4n) is 0.774. The normalized spacial score (nSPS) is 14.4. The van der Waals surface area contributed by atoms with E-state index in [0.717, 1.165) is 4.88 Å². The van der Waals surface area contributed by atoms with Gasteiger partial charge in [0.25, 0.3) is 0 Å². The second-order valence-corrected chi connectivity index (χ2v) is 5.51. The van der Waals surface area contributed by atoms with Gasteiger partial charge in [0.2, 0.25) is 10.0 Å². The number of primary sulfonamides is 1. The van der Waals surface area contributed by atoms with Crippen LogP contribution in [0, 0.1) is 0 Å². The lowest BCUT2D eigenvalue weighted by molar-refractivity contribution is 0.597. The molecule has 0 aromatic carbocycles. The summed E-state index contributed by atoms with van der Waals surface area (Å²) in [6.45, 7) is 1.81. The summed E-state index contributed by atoms with van der Waals surface area (Å²) in [5.74, 6) is -0.218. The van der Waals surface area contributed by atoms with Crippen molar-refractivity contribution in [1.82, 2.24) is 4.98 Å². The Balaban J connectivity index is 2.81. The van der Waals surface area contributed by atoms with Gasteiger partial charge in [0.1, 0.15) is 10.8 Å². The van der Waals surface area contributed by atoms with Crippen LogP contribution in [-0.4, -0.2) is 13.4 Å². The Hall–Kier alpha value is -0.500. The van der Waals surface area contributed by atoms with E-state index in [1.165, 1.54) is 11.3 Å². The number of thiazole rings is 1. The Kier molecular flexibility index (Phi) is 3.01. The molecule has 0 saturated carbocycles. The van der Waals surface area contributed by atoms with Gasteiger partial charge in [-0.3, -0.25) is 0 Å². The summed E-state index contributed by atoms with van der Waals surface area (Å²) in [4.78, 5) is 4.76. The predicted octanol–water partition coefficient (Wildman–Crippen LogP) is -0.0487. The van der Waals surface area contributed by atoms with Gasteiger partial charge in [-0.25, -0.2) is 18.5 Å². The lowest BCUT2D eigenvalue weighted by atomic mass is 10.3. The van der Waals surface area contributed by atoms with Crippen LogP contribution in [0.4, 0.5) is 0 Å². The van der Waals surface area contributed by atoms with Crippen molar-refractivity contribution in [2.45, 2.75) is 18.7 Å². The van der Waals surface area contributed by atoms with Gasteiger partial charge in [-0.2, -0.15) is 0 Å². The first-order chi connectivity index (χ1) is 5.88. The van der Waals surface area contributed by atoms with Gasteiger partial charge in [-0.05, 0) is 6.92 Å². The molecule has 1 aromatic rings. The molecular formula is C6H11N3O2S2. The zero-order valence-electron chi connectivity index (χ0n) is 7.10. The quantitative estimate of drug-likeness (QED) is 0.747. The van der Waals surface area contributed by atoms with E-state index < -0.39 is 10.0 Å². The fraction of sp³-hybridized carbons (Fsp3) is 0.500. The van der Waals surface area contributed by atoms with Crippen LogP contribution in [0.5, 0.6) is 0 Å². The SMILES string of the molecule is CC(N)c1cnc(CS(N)(=O)=O)s1. The molecule has 5 nitrogen and oxygen atoms in total. The molecule has 1 aromatic heterocycles. The molecule has 0 amide bonds. The first-order valence-corrected chi connectivity index (χ1v) is 6.12. The zero-order valence-corrected chi connectivity index (χ0v) is 8.73. The maximum Gasteiger partial charge on any atom is 0.215 e. The number of aromatic nitrogens is 1. The van der Waals surface area contributed by atoms with Crippen LogP contribution in [0.1, 0.15) is 22.9 Å². The Morgan fingerprint density at radius 1 is 1.69 bits per heavy atom. The molecule has 0 radical (unpaired) electrons. The van der Waals surface area contributed by atoms with E-state index in [9.17, 15) is 8.42 Å². The fourth-order valence-corrected chi connectivity index (χ4v) is 2.59. The van der Waals surface area contributed by atoms with E-state index in [1.54, 1.807) is 6.20 Å². The Bertz CT molecular complexity index is 382. The summed E-state index contributed by atoms with van der Waals surface area (Å²) >= 11 is 1.27. The molecule has 0 fully saturated rings. The summed E-state index contributed by atoms with van der Waals surface area (Å²) in [6, 6.07) is -0.119. The van der Waals surface area contributed by atoms with E-state index in [1.807, 2.05) is 6.92 Å². The summed E-state index contributed by atoms with van der Waals surface area (Å²) in [7, 11) is -3.48. The molecule has 1 heterocycles. The van der Waals surface area contributed by atoms with Gasteiger partial charge in [-0.1, -0.05) is 0 Å². The highest BCUT2D eigenvalue weighted by Crippen LogP contribution is 2.19. The molecule has 0 aliphatic heterocycles. The van der Waals surface area contributed by atoms with Gasteiger partial charge in [0.05, 0.1) is 0 Å². The number of nitrogens with two attached hydrogens (primary N) is 2. The van der Waals surface area contributed by atoms with Crippen molar-refractivity contribution < 1.29 is 8.42 Å². The van der Waals surface area contributed by atoms with E-state index in [2.05, 4.69) is 4.98 Å². The highest BCUT2D eigenvalue weighted by atomic mass is 32.2. The number of hydrogen-bond donors (Lipinski definition) is 2. The third kappa shape index (κ3) is 3.39. The number of sulfonamides is 1. The topological polar surface area (TPSA) is 99.1 Å². The standard InChI is InChI=1S/C6H11N3O2S2/c1-4(7)5-2-9-6(12-5)3-13(8,10)11/h2,4H,3,7H2,1H3,(H2,8,10,11). The van der Waals surface area contributed by atoms with Crippen LogP contribution in [0.3, 0.4) is 0 Å². The van der Waals surface area contributed by atoms with E-state index in [0.29, 0.717) is 5.01 Å². The number of nitrogens with zero attached hydrogens (tertiary/aromatic N) is 1. The maximum atomic E-state index is 10.7. The van der Waals surface area contributed by atoms with Crippen LogP contribution in [0.15, 0.2) is 6.20 Å². The highest BCUT2D eigenvalue weighted by Gasteiger charge is 2.10. The zero-order chi connectivity index (χ0) is 10.1. The van der Waals surface area contributed by atoms with Crippen LogP contribution < -0.4 is 10.9 Å². The van der Waals surface area contributed by atoms with E-state index in [4.69, 9.17) is 10.9 Å². The number of rotatable bonds is 3. The van der Waals surface area contributed by atoms with Crippen molar-refractivity contribution in [3.8, 4) is 0 Å². The molecule has 0 aliphatic rings. The van der Waals surface area contributed by atoms with E-state index >= 15 is 0 Å². The van der Waals surface area contributed by atoms with Gasteiger partial charge < -0.3 is 5.73 Å². The van der Waals surface area contributed by atoms with Gasteiger partial charge in [0.15, 0.2) is 0 Å². The average Bonchev–Trinajstić information content (AvgIpc) is 2.31. The molecule has 74 valence electrons. The second kappa shape index (κ2) is 3.70. The molecule has 0 saturated heterocycles. The van der Waals surface area contributed by atoms with Crippen molar-refractivity contribution >= 4 is 21.4 Å². The van der Waals surface area contributed by atoms with Crippen molar-refractivity contribution in [1.29, 1.82) is 0 Å². The lowest BCUT2D eigenvalue weighted by Crippen LogP contribution is -2.14. The summed E-state index contributed by atoms with van der Waals surface area (Å²) in [5.41, 5.74) is 5.58. The monoisotopic (exact) mass is 221 g/mol. The third-order valence-corrected chi connectivity index (χ3v) is 3.40. The highest BCUT2D eigenvalue weighted by molar-refractivity contribution is 7.88. The van der Waals surface area contributed by atoms with E-state index in [-0.39, 0.29) is 11.8 Å². The Labute approximate surface area is 80.8 Å². The van der Waals surface area contributed by atoms with Crippen LogP contribution in [0.2, 0.25) is 0 Å². The molecular weight excluding hydrogens is 210 g/mol. The van der Waals surface area contributed by atoms with Gasteiger partial charge in [-0.15, -0.1) is 11.3 Å². The summed E-state index contributed by atoms with van der Waals surface area (Å²) in [6.07, 6.45) is 1.58. The molecule has 4 N–H and O–H groups in total. The molecule has 0 spiro atoms. The smallest absolute Gasteiger partial charge is 0.215 e. The first-order valence-electron chi connectivity index (χ1n) is 3.59. The Morgan fingerprint density at radius 3 is 2.69 bits per heavy atom. The molecule has 1 atom stereocenters. The lowest BCUT2D eigenvalue weighted by Gasteiger charge is -1.96. The van der Waals surface area contributed by atoms with Crippen molar-refractivity contribution in [3.05, 3.63) is 16.1 Å². The van der Waals surface area contributed by atoms with Crippen LogP contribution >= 0.6 is 11.3 Å². The van der Waals surface area contributed by atoms with Gasteiger partial charge >= 0.3 is 0 Å². The van der Waals surface area contributed by atoms with Crippen molar-refractivity contribution in [2.75, 3.05) is 0 Å². The van der Waals surface area contributed by atoms with Crippen molar-refractivity contribution in [3.63, 3.8) is 0 Å². The van der Waals surface area contributed by atoms with Crippen LogP contribution in [0.25, 0.3) is 0 Å².